The van der Waals surface area contributed by atoms with Gasteiger partial charge in [0.25, 0.3) is 11.8 Å². The van der Waals surface area contributed by atoms with Crippen LogP contribution in [-0.2, 0) is 27.3 Å². The Labute approximate surface area is 260 Å². The highest BCUT2D eigenvalue weighted by Crippen LogP contribution is 2.40. The van der Waals surface area contributed by atoms with Crippen LogP contribution in [0.2, 0.25) is 0 Å². The van der Waals surface area contributed by atoms with E-state index in [4.69, 9.17) is 4.74 Å². The second-order valence-electron chi connectivity index (χ2n) is 11.3. The molecule has 1 saturated heterocycles. The second-order valence-corrected chi connectivity index (χ2v) is 12.9. The first kappa shape index (κ1) is 32.9. The van der Waals surface area contributed by atoms with Gasteiger partial charge in [0.1, 0.15) is 23.4 Å². The van der Waals surface area contributed by atoms with Gasteiger partial charge in [-0.15, -0.1) is 11.8 Å². The number of thioether (sulfide) groups is 1. The molecular weight excluding hydrogens is 588 g/mol. The number of amides is 3. The number of aliphatic hydroxyl groups is 1. The zero-order valence-corrected chi connectivity index (χ0v) is 25.9. The monoisotopic (exact) mass is 625 g/mol. The smallest absolute Gasteiger partial charge is 0.258 e. The molecule has 0 spiro atoms. The van der Waals surface area contributed by atoms with Crippen molar-refractivity contribution in [2.75, 3.05) is 12.5 Å². The first-order valence-electron chi connectivity index (χ1n) is 14.2. The number of hydrogen-bond donors (Lipinski definition) is 3. The third-order valence-corrected chi connectivity index (χ3v) is 8.99. The van der Waals surface area contributed by atoms with Gasteiger partial charge in [0.15, 0.2) is 12.7 Å². The minimum absolute atomic E-state index is 0.0940. The zero-order valence-electron chi connectivity index (χ0n) is 25.1. The minimum atomic E-state index is -1.70. The number of carbonyl (C=O) groups excluding carboxylic acids is 3. The molecule has 3 amide bonds. The van der Waals surface area contributed by atoms with Crippen LogP contribution in [0.15, 0.2) is 66.7 Å². The first-order chi connectivity index (χ1) is 20.9. The normalized spacial score (nSPS) is 17.1. The molecule has 4 rings (SSSR count). The van der Waals surface area contributed by atoms with E-state index in [0.717, 1.165) is 28.8 Å². The fourth-order valence-corrected chi connectivity index (χ4v) is 6.39. The number of aryl methyl sites for hydroxylation is 2. The number of aliphatic hydroxyl groups excluding tert-OH is 1. The first-order valence-corrected chi connectivity index (χ1v) is 15.2. The molecule has 44 heavy (non-hydrogen) atoms. The third kappa shape index (κ3) is 7.75. The Balaban J connectivity index is 1.50. The van der Waals surface area contributed by atoms with Crippen molar-refractivity contribution in [2.24, 2.45) is 0 Å². The Morgan fingerprint density at radius 1 is 1.00 bits per heavy atom. The lowest BCUT2D eigenvalue weighted by atomic mass is 9.97. The third-order valence-electron chi connectivity index (χ3n) is 7.61. The fraction of sp³-hybridized carbons (Fsp3) is 0.364. The van der Waals surface area contributed by atoms with E-state index in [9.17, 15) is 28.3 Å². The van der Waals surface area contributed by atoms with Crippen molar-refractivity contribution >= 4 is 29.5 Å². The molecule has 234 valence electrons. The molecule has 0 aromatic heterocycles. The average molecular weight is 626 g/mol. The van der Waals surface area contributed by atoms with Gasteiger partial charge < -0.3 is 25.4 Å². The van der Waals surface area contributed by atoms with Gasteiger partial charge in [-0.3, -0.25) is 14.4 Å². The van der Waals surface area contributed by atoms with Gasteiger partial charge in [0.05, 0.1) is 11.9 Å². The topological polar surface area (TPSA) is 108 Å². The van der Waals surface area contributed by atoms with E-state index in [-0.39, 0.29) is 24.5 Å². The second kappa shape index (κ2) is 14.2. The number of nitrogens with one attached hydrogen (secondary N) is 2. The highest BCUT2D eigenvalue weighted by atomic mass is 32.2. The van der Waals surface area contributed by atoms with Crippen LogP contribution in [0.5, 0.6) is 5.75 Å². The van der Waals surface area contributed by atoms with Gasteiger partial charge in [-0.1, -0.05) is 54.6 Å². The number of ether oxygens (including phenoxy) is 1. The summed E-state index contributed by atoms with van der Waals surface area (Å²) in [7, 11) is 0. The van der Waals surface area contributed by atoms with E-state index in [1.165, 1.54) is 22.7 Å². The van der Waals surface area contributed by atoms with Crippen molar-refractivity contribution < 1.29 is 33.0 Å². The predicted molar refractivity (Wildman–Crippen MR) is 165 cm³/mol. The number of hydrogen-bond acceptors (Lipinski definition) is 6. The minimum Gasteiger partial charge on any atom is -0.483 e. The number of nitrogens with zero attached hydrogens (tertiary/aromatic N) is 1. The molecule has 0 unspecified atom stereocenters. The SMILES string of the molecule is Cc1cccc(C)c1OCC(=O)N[C@@H](Cc1ccccc1)[C@H](O)C(=O)N1CSC(C)(C)[C@H]1C(=O)NCc1c(F)cccc1F. The van der Waals surface area contributed by atoms with Crippen molar-refractivity contribution in [2.45, 2.75) is 63.6 Å². The Morgan fingerprint density at radius 2 is 1.61 bits per heavy atom. The molecule has 1 aliphatic rings. The lowest BCUT2D eigenvalue weighted by Gasteiger charge is -2.33. The molecule has 0 aliphatic carbocycles. The van der Waals surface area contributed by atoms with Crippen LogP contribution < -0.4 is 15.4 Å². The average Bonchev–Trinajstić information content (AvgIpc) is 3.30. The van der Waals surface area contributed by atoms with Crippen LogP contribution in [0.3, 0.4) is 0 Å². The lowest BCUT2D eigenvalue weighted by molar-refractivity contribution is -0.148. The summed E-state index contributed by atoms with van der Waals surface area (Å²) >= 11 is 1.33. The number of rotatable bonds is 11. The van der Waals surface area contributed by atoms with Gasteiger partial charge in [-0.25, -0.2) is 8.78 Å². The largest absolute Gasteiger partial charge is 0.483 e. The van der Waals surface area contributed by atoms with Crippen molar-refractivity contribution in [1.29, 1.82) is 0 Å². The van der Waals surface area contributed by atoms with Crippen LogP contribution in [-0.4, -0.2) is 63.1 Å². The molecule has 0 bridgehead atoms. The zero-order chi connectivity index (χ0) is 32.0. The predicted octanol–water partition coefficient (Wildman–Crippen LogP) is 4.05. The quantitative estimate of drug-likeness (QED) is 0.297. The number of benzene rings is 3. The van der Waals surface area contributed by atoms with E-state index in [1.807, 2.05) is 62.4 Å². The molecule has 3 N–H and O–H groups in total. The Hall–Kier alpha value is -3.96. The summed E-state index contributed by atoms with van der Waals surface area (Å²) in [5.41, 5.74) is 2.21. The fourth-order valence-electron chi connectivity index (χ4n) is 5.25. The van der Waals surface area contributed by atoms with Gasteiger partial charge in [0.2, 0.25) is 5.91 Å². The molecule has 11 heteroatoms. The summed E-state index contributed by atoms with van der Waals surface area (Å²) in [4.78, 5) is 41.5. The van der Waals surface area contributed by atoms with Gasteiger partial charge >= 0.3 is 0 Å². The summed E-state index contributed by atoms with van der Waals surface area (Å²) < 4.78 is 33.3. The highest BCUT2D eigenvalue weighted by molar-refractivity contribution is 8.00. The number of carbonyl (C=O) groups is 3. The summed E-state index contributed by atoms with van der Waals surface area (Å²) in [6, 6.07) is 16.1. The van der Waals surface area contributed by atoms with Crippen LogP contribution in [0, 0.1) is 25.5 Å². The summed E-state index contributed by atoms with van der Waals surface area (Å²) in [6.45, 7) is 6.55. The van der Waals surface area contributed by atoms with E-state index in [0.29, 0.717) is 5.75 Å². The molecule has 0 saturated carbocycles. The molecule has 1 aliphatic heterocycles. The maximum absolute atomic E-state index is 14.2. The van der Waals surface area contributed by atoms with Crippen molar-refractivity contribution in [1.82, 2.24) is 15.5 Å². The maximum Gasteiger partial charge on any atom is 0.258 e. The number of para-hydroxylation sites is 1. The van der Waals surface area contributed by atoms with E-state index in [1.54, 1.807) is 13.8 Å². The molecular formula is C33H37F2N3O5S. The van der Waals surface area contributed by atoms with Gasteiger partial charge in [0, 0.05) is 16.9 Å². The molecule has 1 fully saturated rings. The maximum atomic E-state index is 14.2. The van der Waals surface area contributed by atoms with Crippen molar-refractivity contribution in [3.63, 3.8) is 0 Å². The van der Waals surface area contributed by atoms with Crippen LogP contribution in [0.4, 0.5) is 8.78 Å². The Bertz CT molecular complexity index is 1460. The molecule has 3 aromatic carbocycles. The molecule has 3 aromatic rings. The van der Waals surface area contributed by atoms with Crippen LogP contribution in [0.25, 0.3) is 0 Å². The van der Waals surface area contributed by atoms with E-state index >= 15 is 0 Å². The summed E-state index contributed by atoms with van der Waals surface area (Å²) in [5.74, 6) is -2.82. The summed E-state index contributed by atoms with van der Waals surface area (Å²) in [5, 5.41) is 16.7. The molecule has 3 atom stereocenters. The lowest BCUT2D eigenvalue weighted by Crippen LogP contribution is -2.59. The van der Waals surface area contributed by atoms with Gasteiger partial charge in [-0.2, -0.15) is 0 Å². The molecule has 0 radical (unpaired) electrons. The number of halogens is 2. The standard InChI is InChI=1S/C33H37F2N3O5S/c1-20-10-8-11-21(2)29(20)43-18-27(39)37-26(16-22-12-6-5-7-13-22)28(40)32(42)38-19-44-33(3,4)30(38)31(41)36-17-23-24(34)14-9-15-25(23)35/h5-15,26,28,30,40H,16-19H2,1-4H3,(H,36,41)(H,37,39)/t26-,28-,30+/m0/s1. The van der Waals surface area contributed by atoms with Crippen LogP contribution in [0.1, 0.15) is 36.1 Å². The van der Waals surface area contributed by atoms with Crippen molar-refractivity contribution in [3.05, 3.63) is 101 Å². The Morgan fingerprint density at radius 3 is 2.25 bits per heavy atom. The van der Waals surface area contributed by atoms with Crippen LogP contribution >= 0.6 is 11.8 Å². The highest BCUT2D eigenvalue weighted by Gasteiger charge is 2.49. The summed E-state index contributed by atoms with van der Waals surface area (Å²) in [6.07, 6.45) is -1.57. The molecule has 1 heterocycles. The van der Waals surface area contributed by atoms with Gasteiger partial charge in [-0.05, 0) is 62.9 Å². The Kier molecular flexibility index (Phi) is 10.6. The van der Waals surface area contributed by atoms with Crippen molar-refractivity contribution in [3.8, 4) is 5.75 Å². The molecule has 8 nitrogen and oxygen atoms in total. The van der Waals surface area contributed by atoms with E-state index < -0.39 is 58.8 Å². The van der Waals surface area contributed by atoms with E-state index in [2.05, 4.69) is 10.6 Å².